The molecule has 4 nitrogen and oxygen atoms in total. The molecule has 0 spiro atoms. The monoisotopic (exact) mass is 194 g/mol. The predicted molar refractivity (Wildman–Crippen MR) is 53.7 cm³/mol. The molecule has 0 aromatic carbocycles. The van der Waals surface area contributed by atoms with Crippen molar-refractivity contribution < 1.29 is 9.90 Å². The molecule has 0 saturated heterocycles. The molecule has 2 N–H and O–H groups in total. The Labute approximate surface area is 83.0 Å². The lowest BCUT2D eigenvalue weighted by Crippen LogP contribution is -2.11. The van der Waals surface area contributed by atoms with Gasteiger partial charge in [0.25, 0.3) is 0 Å². The lowest BCUT2D eigenvalue weighted by Gasteiger charge is -2.03. The molecule has 1 aromatic rings. The summed E-state index contributed by atoms with van der Waals surface area (Å²) in [7, 11) is 0. The molecule has 0 aliphatic rings. The number of aliphatic hydroxyl groups excluding tert-OH is 1. The molecule has 0 unspecified atom stereocenters. The first-order valence-electron chi connectivity index (χ1n) is 4.62. The van der Waals surface area contributed by atoms with E-state index < -0.39 is 0 Å². The highest BCUT2D eigenvalue weighted by atomic mass is 16.3. The van der Waals surface area contributed by atoms with Crippen LogP contribution in [0.5, 0.6) is 0 Å². The number of amides is 1. The molecule has 0 atom stereocenters. The third-order valence-corrected chi connectivity index (χ3v) is 1.75. The van der Waals surface area contributed by atoms with Crippen LogP contribution >= 0.6 is 0 Å². The number of pyridine rings is 1. The average Bonchev–Trinajstić information content (AvgIpc) is 2.19. The second-order valence-corrected chi connectivity index (χ2v) is 3.01. The van der Waals surface area contributed by atoms with Crippen molar-refractivity contribution in [1.82, 2.24) is 4.98 Å². The number of rotatable bonds is 4. The Morgan fingerprint density at radius 2 is 2.36 bits per heavy atom. The minimum atomic E-state index is -0.0316. The molecule has 0 saturated carbocycles. The van der Waals surface area contributed by atoms with Crippen LogP contribution in [0, 0.1) is 0 Å². The van der Waals surface area contributed by atoms with Gasteiger partial charge in [-0.25, -0.2) is 4.98 Å². The van der Waals surface area contributed by atoms with Crippen molar-refractivity contribution in [3.8, 4) is 0 Å². The Morgan fingerprint density at radius 3 is 2.86 bits per heavy atom. The zero-order chi connectivity index (χ0) is 10.4. The zero-order valence-electron chi connectivity index (χ0n) is 8.16. The van der Waals surface area contributed by atoms with Crippen molar-refractivity contribution in [2.24, 2.45) is 0 Å². The van der Waals surface area contributed by atoms with Crippen LogP contribution < -0.4 is 5.32 Å². The van der Waals surface area contributed by atoms with Crippen LogP contribution in [0.3, 0.4) is 0 Å². The Bertz CT molecular complexity index is 295. The summed E-state index contributed by atoms with van der Waals surface area (Å²) < 4.78 is 0. The molecule has 0 bridgehead atoms. The van der Waals surface area contributed by atoms with E-state index in [1.807, 2.05) is 6.92 Å². The van der Waals surface area contributed by atoms with Gasteiger partial charge in [0.2, 0.25) is 5.91 Å². The molecule has 1 rings (SSSR count). The second-order valence-electron chi connectivity index (χ2n) is 3.01. The molecule has 1 heterocycles. The van der Waals surface area contributed by atoms with Crippen LogP contribution in [-0.2, 0) is 11.4 Å². The first-order chi connectivity index (χ1) is 6.76. The Balaban J connectivity index is 2.55. The lowest BCUT2D eigenvalue weighted by molar-refractivity contribution is -0.116. The van der Waals surface area contributed by atoms with Crippen LogP contribution in [0.2, 0.25) is 0 Å². The molecule has 1 aromatic heterocycles. The lowest BCUT2D eigenvalue weighted by atomic mass is 10.3. The molecule has 1 amide bonds. The fourth-order valence-electron chi connectivity index (χ4n) is 1.02. The Kier molecular flexibility index (Phi) is 4.07. The number of hydrogen-bond acceptors (Lipinski definition) is 3. The van der Waals surface area contributed by atoms with Crippen molar-refractivity contribution >= 4 is 11.7 Å². The summed E-state index contributed by atoms with van der Waals surface area (Å²) in [5.41, 5.74) is 0.735. The van der Waals surface area contributed by atoms with E-state index in [-0.39, 0.29) is 12.5 Å². The van der Waals surface area contributed by atoms with Crippen molar-refractivity contribution in [2.45, 2.75) is 26.4 Å². The number of carbonyl (C=O) groups is 1. The summed E-state index contributed by atoms with van der Waals surface area (Å²) in [5.74, 6) is 0.498. The average molecular weight is 194 g/mol. The summed E-state index contributed by atoms with van der Waals surface area (Å²) in [6, 6.07) is 3.41. The van der Waals surface area contributed by atoms with E-state index in [2.05, 4.69) is 10.3 Å². The highest BCUT2D eigenvalue weighted by Crippen LogP contribution is 2.05. The molecular formula is C10H14N2O2. The standard InChI is InChI=1S/C10H14N2O2/c1-2-3-10(14)12-9-5-4-8(7-13)6-11-9/h4-6,13H,2-3,7H2,1H3,(H,11,12,14). The van der Waals surface area contributed by atoms with Gasteiger partial charge in [-0.1, -0.05) is 13.0 Å². The molecule has 76 valence electrons. The number of anilines is 1. The van der Waals surface area contributed by atoms with Gasteiger partial charge in [0.15, 0.2) is 0 Å². The number of nitrogens with zero attached hydrogens (tertiary/aromatic N) is 1. The van der Waals surface area contributed by atoms with Gasteiger partial charge < -0.3 is 10.4 Å². The summed E-state index contributed by atoms with van der Waals surface area (Å²) in [6.07, 6.45) is 2.87. The van der Waals surface area contributed by atoms with Gasteiger partial charge in [0.1, 0.15) is 5.82 Å². The Morgan fingerprint density at radius 1 is 1.57 bits per heavy atom. The molecule has 0 fully saturated rings. The fraction of sp³-hybridized carbons (Fsp3) is 0.400. The van der Waals surface area contributed by atoms with Crippen molar-refractivity contribution in [3.63, 3.8) is 0 Å². The molecule has 0 aliphatic heterocycles. The largest absolute Gasteiger partial charge is 0.392 e. The van der Waals surface area contributed by atoms with E-state index in [1.165, 1.54) is 0 Å². The molecule has 0 aliphatic carbocycles. The summed E-state index contributed by atoms with van der Waals surface area (Å²) >= 11 is 0. The maximum atomic E-state index is 11.2. The molecular weight excluding hydrogens is 180 g/mol. The van der Waals surface area contributed by atoms with E-state index in [9.17, 15) is 4.79 Å². The van der Waals surface area contributed by atoms with Gasteiger partial charge in [-0.2, -0.15) is 0 Å². The minimum Gasteiger partial charge on any atom is -0.392 e. The predicted octanol–water partition coefficient (Wildman–Crippen LogP) is 1.31. The third kappa shape index (κ3) is 3.14. The van der Waals surface area contributed by atoms with Gasteiger partial charge in [0.05, 0.1) is 6.61 Å². The van der Waals surface area contributed by atoms with Crippen molar-refractivity contribution in [3.05, 3.63) is 23.9 Å². The fourth-order valence-corrected chi connectivity index (χ4v) is 1.02. The van der Waals surface area contributed by atoms with Crippen LogP contribution in [0.15, 0.2) is 18.3 Å². The van der Waals surface area contributed by atoms with Crippen LogP contribution in [0.25, 0.3) is 0 Å². The highest BCUT2D eigenvalue weighted by molar-refractivity contribution is 5.89. The number of hydrogen-bond donors (Lipinski definition) is 2. The smallest absolute Gasteiger partial charge is 0.225 e. The minimum absolute atomic E-state index is 0.0308. The van der Waals surface area contributed by atoms with Crippen molar-refractivity contribution in [2.75, 3.05) is 5.32 Å². The van der Waals surface area contributed by atoms with Gasteiger partial charge in [-0.15, -0.1) is 0 Å². The number of carbonyl (C=O) groups excluding carboxylic acids is 1. The van der Waals surface area contributed by atoms with E-state index in [0.717, 1.165) is 12.0 Å². The number of nitrogens with one attached hydrogen (secondary N) is 1. The van der Waals surface area contributed by atoms with Crippen LogP contribution in [0.1, 0.15) is 25.3 Å². The summed E-state index contributed by atoms with van der Waals surface area (Å²) in [4.78, 5) is 15.1. The molecule has 0 radical (unpaired) electrons. The maximum absolute atomic E-state index is 11.2. The van der Waals surface area contributed by atoms with Crippen LogP contribution in [0.4, 0.5) is 5.82 Å². The molecule has 4 heteroatoms. The van der Waals surface area contributed by atoms with Gasteiger partial charge in [0, 0.05) is 12.6 Å². The zero-order valence-corrected chi connectivity index (χ0v) is 8.16. The van der Waals surface area contributed by atoms with E-state index in [1.54, 1.807) is 18.3 Å². The number of aliphatic hydroxyl groups is 1. The maximum Gasteiger partial charge on any atom is 0.225 e. The first-order valence-corrected chi connectivity index (χ1v) is 4.62. The van der Waals surface area contributed by atoms with E-state index in [4.69, 9.17) is 5.11 Å². The number of aromatic nitrogens is 1. The normalized spacial score (nSPS) is 9.86. The third-order valence-electron chi connectivity index (χ3n) is 1.75. The first kappa shape index (κ1) is 10.7. The summed E-state index contributed by atoms with van der Waals surface area (Å²) in [5, 5.41) is 11.4. The van der Waals surface area contributed by atoms with Gasteiger partial charge in [-0.05, 0) is 18.1 Å². The second kappa shape index (κ2) is 5.34. The van der Waals surface area contributed by atoms with Crippen LogP contribution in [-0.4, -0.2) is 16.0 Å². The van der Waals surface area contributed by atoms with E-state index in [0.29, 0.717) is 12.2 Å². The van der Waals surface area contributed by atoms with Crippen molar-refractivity contribution in [1.29, 1.82) is 0 Å². The molecule has 14 heavy (non-hydrogen) atoms. The van der Waals surface area contributed by atoms with Gasteiger partial charge >= 0.3 is 0 Å². The SMILES string of the molecule is CCCC(=O)Nc1ccc(CO)cn1. The summed E-state index contributed by atoms with van der Waals surface area (Å²) in [6.45, 7) is 1.91. The van der Waals surface area contributed by atoms with Gasteiger partial charge in [-0.3, -0.25) is 4.79 Å². The van der Waals surface area contributed by atoms with E-state index >= 15 is 0 Å². The highest BCUT2D eigenvalue weighted by Gasteiger charge is 2.00. The Hall–Kier alpha value is -1.42. The topological polar surface area (TPSA) is 62.2 Å². The quantitative estimate of drug-likeness (QED) is 0.759.